The Labute approximate surface area is 187 Å². The summed E-state index contributed by atoms with van der Waals surface area (Å²) in [6.07, 6.45) is 3.98. The summed E-state index contributed by atoms with van der Waals surface area (Å²) in [5.41, 5.74) is 2.73. The van der Waals surface area contributed by atoms with Crippen molar-refractivity contribution in [2.75, 3.05) is 18.5 Å². The number of amides is 2. The standard InChI is InChI=1S/C26H26N2O4/c29-25(17-31-22-7-2-1-3-8-22)27-21-11-9-18(10-12-21)24-15-20-16-28(14-13-23(20)32-24)26(30)19-5-4-6-19/h1-3,7-12,15,19H,4-6,13-14,16-17H2,(H,27,29). The van der Waals surface area contributed by atoms with Crippen LogP contribution in [-0.4, -0.2) is 29.9 Å². The van der Waals surface area contributed by atoms with E-state index >= 15 is 0 Å². The van der Waals surface area contributed by atoms with Crippen molar-refractivity contribution in [1.29, 1.82) is 0 Å². The normalized spacial score (nSPS) is 15.6. The lowest BCUT2D eigenvalue weighted by atomic mass is 9.84. The van der Waals surface area contributed by atoms with E-state index in [1.807, 2.05) is 65.6 Å². The monoisotopic (exact) mass is 430 g/mol. The molecule has 0 saturated heterocycles. The van der Waals surface area contributed by atoms with E-state index in [2.05, 4.69) is 5.32 Å². The molecule has 5 rings (SSSR count). The van der Waals surface area contributed by atoms with Gasteiger partial charge in [0.1, 0.15) is 17.3 Å². The van der Waals surface area contributed by atoms with Gasteiger partial charge >= 0.3 is 0 Å². The molecule has 0 bridgehead atoms. The number of nitrogens with one attached hydrogen (secondary N) is 1. The van der Waals surface area contributed by atoms with Crippen molar-refractivity contribution in [2.24, 2.45) is 5.92 Å². The molecule has 2 amide bonds. The number of hydrogen-bond donors (Lipinski definition) is 1. The lowest BCUT2D eigenvalue weighted by molar-refractivity contribution is -0.139. The third-order valence-corrected chi connectivity index (χ3v) is 6.20. The summed E-state index contributed by atoms with van der Waals surface area (Å²) in [7, 11) is 0. The molecule has 1 fully saturated rings. The first-order valence-electron chi connectivity index (χ1n) is 11.1. The molecule has 32 heavy (non-hydrogen) atoms. The highest BCUT2D eigenvalue weighted by Gasteiger charge is 2.32. The van der Waals surface area contributed by atoms with Gasteiger partial charge < -0.3 is 19.4 Å². The second kappa shape index (κ2) is 8.91. The van der Waals surface area contributed by atoms with Gasteiger partial charge in [-0.1, -0.05) is 24.6 Å². The van der Waals surface area contributed by atoms with Crippen molar-refractivity contribution >= 4 is 17.5 Å². The SMILES string of the molecule is O=C(COc1ccccc1)Nc1ccc(-c2cc3c(o2)CCN(C(=O)C2CCC2)C3)cc1. The van der Waals surface area contributed by atoms with Crippen LogP contribution in [-0.2, 0) is 22.6 Å². The molecule has 0 radical (unpaired) electrons. The zero-order chi connectivity index (χ0) is 21.9. The zero-order valence-electron chi connectivity index (χ0n) is 17.9. The smallest absolute Gasteiger partial charge is 0.262 e. The summed E-state index contributed by atoms with van der Waals surface area (Å²) in [6.45, 7) is 1.31. The summed E-state index contributed by atoms with van der Waals surface area (Å²) < 4.78 is 11.6. The minimum Gasteiger partial charge on any atom is -0.484 e. The Morgan fingerprint density at radius 3 is 2.56 bits per heavy atom. The van der Waals surface area contributed by atoms with Gasteiger partial charge in [-0.25, -0.2) is 0 Å². The van der Waals surface area contributed by atoms with Gasteiger partial charge in [-0.05, 0) is 55.3 Å². The largest absolute Gasteiger partial charge is 0.484 e. The van der Waals surface area contributed by atoms with Crippen LogP contribution >= 0.6 is 0 Å². The topological polar surface area (TPSA) is 71.8 Å². The number of rotatable bonds is 6. The minimum atomic E-state index is -0.216. The van der Waals surface area contributed by atoms with E-state index in [9.17, 15) is 9.59 Å². The van der Waals surface area contributed by atoms with Gasteiger partial charge in [-0.2, -0.15) is 0 Å². The molecule has 3 aromatic rings. The number of carbonyl (C=O) groups is 2. The molecule has 2 aromatic carbocycles. The summed E-state index contributed by atoms with van der Waals surface area (Å²) in [6, 6.07) is 18.8. The van der Waals surface area contributed by atoms with Gasteiger partial charge in [0.2, 0.25) is 5.91 Å². The van der Waals surface area contributed by atoms with Gasteiger partial charge in [-0.3, -0.25) is 9.59 Å². The van der Waals surface area contributed by atoms with Crippen molar-refractivity contribution < 1.29 is 18.7 Å². The summed E-state index contributed by atoms with van der Waals surface area (Å²) in [5, 5.41) is 2.84. The maximum Gasteiger partial charge on any atom is 0.262 e. The number of para-hydroxylation sites is 1. The number of benzene rings is 2. The highest BCUT2D eigenvalue weighted by Crippen LogP contribution is 2.33. The first kappa shape index (κ1) is 20.4. The molecule has 0 spiro atoms. The first-order chi connectivity index (χ1) is 15.7. The van der Waals surface area contributed by atoms with Gasteiger partial charge in [0.05, 0.1) is 0 Å². The number of carbonyl (C=O) groups excluding carboxylic acids is 2. The van der Waals surface area contributed by atoms with E-state index in [1.54, 1.807) is 0 Å². The van der Waals surface area contributed by atoms with Crippen LogP contribution in [0, 0.1) is 5.92 Å². The fraction of sp³-hybridized carbons (Fsp3) is 0.308. The Morgan fingerprint density at radius 1 is 1.06 bits per heavy atom. The van der Waals surface area contributed by atoms with Crippen molar-refractivity contribution in [1.82, 2.24) is 4.90 Å². The van der Waals surface area contributed by atoms with E-state index in [-0.39, 0.29) is 18.4 Å². The van der Waals surface area contributed by atoms with E-state index in [0.29, 0.717) is 23.9 Å². The molecule has 1 aliphatic carbocycles. The number of anilines is 1. The van der Waals surface area contributed by atoms with Crippen LogP contribution in [0.4, 0.5) is 5.69 Å². The number of fused-ring (bicyclic) bond motifs is 1. The van der Waals surface area contributed by atoms with Crippen LogP contribution in [0.15, 0.2) is 65.1 Å². The second-order valence-corrected chi connectivity index (χ2v) is 8.42. The number of ether oxygens (including phenoxy) is 1. The van der Waals surface area contributed by atoms with Crippen molar-refractivity contribution in [3.05, 3.63) is 72.0 Å². The Hall–Kier alpha value is -3.54. The van der Waals surface area contributed by atoms with E-state index in [4.69, 9.17) is 9.15 Å². The second-order valence-electron chi connectivity index (χ2n) is 8.42. The van der Waals surface area contributed by atoms with Gasteiger partial charge in [0.25, 0.3) is 5.91 Å². The Kier molecular flexibility index (Phi) is 5.67. The molecule has 0 unspecified atom stereocenters. The van der Waals surface area contributed by atoms with Crippen LogP contribution in [0.2, 0.25) is 0 Å². The summed E-state index contributed by atoms with van der Waals surface area (Å²) in [5.74, 6) is 2.72. The van der Waals surface area contributed by atoms with Gasteiger partial charge in [0.15, 0.2) is 6.61 Å². The number of furan rings is 1. The molecule has 1 aromatic heterocycles. The van der Waals surface area contributed by atoms with Crippen molar-refractivity contribution in [2.45, 2.75) is 32.2 Å². The molecule has 1 aliphatic heterocycles. The molecule has 1 saturated carbocycles. The maximum atomic E-state index is 12.6. The molecule has 6 heteroatoms. The maximum absolute atomic E-state index is 12.6. The molecular formula is C26H26N2O4. The fourth-order valence-corrected chi connectivity index (χ4v) is 4.16. The molecule has 2 aliphatic rings. The van der Waals surface area contributed by atoms with E-state index in [1.165, 1.54) is 6.42 Å². The lowest BCUT2D eigenvalue weighted by Crippen LogP contribution is -2.41. The van der Waals surface area contributed by atoms with E-state index in [0.717, 1.165) is 48.5 Å². The van der Waals surface area contributed by atoms with Crippen LogP contribution in [0.5, 0.6) is 5.75 Å². The Balaban J connectivity index is 1.19. The average Bonchev–Trinajstić information content (AvgIpc) is 3.21. The van der Waals surface area contributed by atoms with Crippen LogP contribution < -0.4 is 10.1 Å². The molecule has 1 N–H and O–H groups in total. The first-order valence-corrected chi connectivity index (χ1v) is 11.1. The third kappa shape index (κ3) is 4.40. The van der Waals surface area contributed by atoms with Crippen molar-refractivity contribution in [3.8, 4) is 17.1 Å². The lowest BCUT2D eigenvalue weighted by Gasteiger charge is -2.33. The number of hydrogen-bond acceptors (Lipinski definition) is 4. The number of nitrogens with zero attached hydrogens (tertiary/aromatic N) is 1. The van der Waals surface area contributed by atoms with Crippen LogP contribution in [0.3, 0.4) is 0 Å². The predicted molar refractivity (Wildman–Crippen MR) is 121 cm³/mol. The Bertz CT molecular complexity index is 1100. The summed E-state index contributed by atoms with van der Waals surface area (Å²) in [4.78, 5) is 26.7. The molecule has 2 heterocycles. The highest BCUT2D eigenvalue weighted by atomic mass is 16.5. The van der Waals surface area contributed by atoms with Crippen molar-refractivity contribution in [3.63, 3.8) is 0 Å². The quantitative estimate of drug-likeness (QED) is 0.618. The van der Waals surface area contributed by atoms with Gasteiger partial charge in [-0.15, -0.1) is 0 Å². The Morgan fingerprint density at radius 2 is 1.84 bits per heavy atom. The molecule has 0 atom stereocenters. The molecular weight excluding hydrogens is 404 g/mol. The zero-order valence-corrected chi connectivity index (χ0v) is 17.9. The van der Waals surface area contributed by atoms with Crippen LogP contribution in [0.25, 0.3) is 11.3 Å². The van der Waals surface area contributed by atoms with E-state index < -0.39 is 0 Å². The predicted octanol–water partition coefficient (Wildman–Crippen LogP) is 4.65. The highest BCUT2D eigenvalue weighted by molar-refractivity contribution is 5.92. The summed E-state index contributed by atoms with van der Waals surface area (Å²) >= 11 is 0. The fourth-order valence-electron chi connectivity index (χ4n) is 4.16. The average molecular weight is 431 g/mol. The van der Waals surface area contributed by atoms with Crippen LogP contribution in [0.1, 0.15) is 30.6 Å². The molecule has 6 nitrogen and oxygen atoms in total. The molecule has 164 valence electrons. The third-order valence-electron chi connectivity index (χ3n) is 6.20. The van der Waals surface area contributed by atoms with Gasteiger partial charge in [0, 0.05) is 42.2 Å². The minimum absolute atomic E-state index is 0.0489.